The quantitative estimate of drug-likeness (QED) is 0.878. The minimum Gasteiger partial charge on any atom is -0.387 e. The Labute approximate surface area is 123 Å². The molecule has 0 spiro atoms. The molecule has 1 aromatic carbocycles. The predicted octanol–water partition coefficient (Wildman–Crippen LogP) is 3.18. The van der Waals surface area contributed by atoms with Gasteiger partial charge in [-0.1, -0.05) is 23.2 Å². The summed E-state index contributed by atoms with van der Waals surface area (Å²) in [4.78, 5) is 0. The molecule has 3 nitrogen and oxygen atoms in total. The molecule has 0 bridgehead atoms. The standard InChI is InChI=1S/C14H19Cl2NO2/c1-9(14-3-2-6-19-14)17-8-13(18)11-7-10(15)4-5-12(11)16/h4-5,7,9,13-14,17-18H,2-3,6,8H2,1H3. The van der Waals surface area contributed by atoms with Crippen LogP contribution < -0.4 is 5.32 Å². The van der Waals surface area contributed by atoms with Crippen LogP contribution in [-0.4, -0.2) is 30.4 Å². The Morgan fingerprint density at radius 3 is 2.95 bits per heavy atom. The van der Waals surface area contributed by atoms with Crippen molar-refractivity contribution < 1.29 is 9.84 Å². The summed E-state index contributed by atoms with van der Waals surface area (Å²) >= 11 is 12.0. The van der Waals surface area contributed by atoms with Crippen molar-refractivity contribution in [3.63, 3.8) is 0 Å². The first-order valence-corrected chi connectivity index (χ1v) is 7.31. The SMILES string of the molecule is CC(NCC(O)c1cc(Cl)ccc1Cl)C1CCCO1. The first kappa shape index (κ1) is 15.1. The van der Waals surface area contributed by atoms with Gasteiger partial charge in [0.15, 0.2) is 0 Å². The van der Waals surface area contributed by atoms with E-state index in [1.54, 1.807) is 18.2 Å². The van der Waals surface area contributed by atoms with E-state index in [0.717, 1.165) is 19.4 Å². The average molecular weight is 304 g/mol. The summed E-state index contributed by atoms with van der Waals surface area (Å²) in [5, 5.41) is 14.6. The van der Waals surface area contributed by atoms with E-state index in [-0.39, 0.29) is 12.1 Å². The smallest absolute Gasteiger partial charge is 0.0929 e. The molecular formula is C14H19Cl2NO2. The van der Waals surface area contributed by atoms with Crippen LogP contribution >= 0.6 is 23.2 Å². The van der Waals surface area contributed by atoms with Gasteiger partial charge < -0.3 is 15.2 Å². The van der Waals surface area contributed by atoms with Gasteiger partial charge in [0.25, 0.3) is 0 Å². The van der Waals surface area contributed by atoms with Crippen LogP contribution in [0.5, 0.6) is 0 Å². The fraction of sp³-hybridized carbons (Fsp3) is 0.571. The molecule has 1 aliphatic heterocycles. The molecule has 1 fully saturated rings. The van der Waals surface area contributed by atoms with E-state index < -0.39 is 6.10 Å². The van der Waals surface area contributed by atoms with E-state index in [9.17, 15) is 5.11 Å². The molecule has 106 valence electrons. The summed E-state index contributed by atoms with van der Waals surface area (Å²) in [7, 11) is 0. The molecular weight excluding hydrogens is 285 g/mol. The maximum atomic E-state index is 10.2. The third-order valence-corrected chi connectivity index (χ3v) is 4.05. The fourth-order valence-corrected chi connectivity index (χ4v) is 2.73. The van der Waals surface area contributed by atoms with E-state index in [0.29, 0.717) is 22.2 Å². The van der Waals surface area contributed by atoms with Crippen molar-refractivity contribution >= 4 is 23.2 Å². The molecule has 0 radical (unpaired) electrons. The van der Waals surface area contributed by atoms with Crippen molar-refractivity contribution in [1.82, 2.24) is 5.32 Å². The molecule has 0 aromatic heterocycles. The van der Waals surface area contributed by atoms with Crippen LogP contribution in [0.25, 0.3) is 0 Å². The number of hydrogen-bond acceptors (Lipinski definition) is 3. The number of aliphatic hydroxyl groups excluding tert-OH is 1. The molecule has 2 rings (SSSR count). The number of ether oxygens (including phenoxy) is 1. The van der Waals surface area contributed by atoms with Gasteiger partial charge in [0.2, 0.25) is 0 Å². The molecule has 0 aliphatic carbocycles. The second kappa shape index (κ2) is 6.91. The van der Waals surface area contributed by atoms with Gasteiger partial charge >= 0.3 is 0 Å². The maximum absolute atomic E-state index is 10.2. The van der Waals surface area contributed by atoms with Gasteiger partial charge in [-0.2, -0.15) is 0 Å². The highest BCUT2D eigenvalue weighted by Gasteiger charge is 2.23. The summed E-state index contributed by atoms with van der Waals surface area (Å²) in [5.74, 6) is 0. The lowest BCUT2D eigenvalue weighted by Crippen LogP contribution is -2.39. The second-order valence-electron chi connectivity index (χ2n) is 4.93. The first-order chi connectivity index (χ1) is 9.08. The van der Waals surface area contributed by atoms with Crippen molar-refractivity contribution in [3.05, 3.63) is 33.8 Å². The summed E-state index contributed by atoms with van der Waals surface area (Å²) < 4.78 is 5.60. The zero-order valence-corrected chi connectivity index (χ0v) is 12.4. The number of benzene rings is 1. The van der Waals surface area contributed by atoms with Crippen molar-refractivity contribution in [1.29, 1.82) is 0 Å². The monoisotopic (exact) mass is 303 g/mol. The Hall–Kier alpha value is -0.320. The molecule has 1 heterocycles. The highest BCUT2D eigenvalue weighted by atomic mass is 35.5. The largest absolute Gasteiger partial charge is 0.387 e. The summed E-state index contributed by atoms with van der Waals surface area (Å²) in [5.41, 5.74) is 0.654. The molecule has 19 heavy (non-hydrogen) atoms. The van der Waals surface area contributed by atoms with Crippen molar-refractivity contribution in [2.45, 2.75) is 38.0 Å². The lowest BCUT2D eigenvalue weighted by atomic mass is 10.1. The number of halogens is 2. The lowest BCUT2D eigenvalue weighted by Gasteiger charge is -2.22. The topological polar surface area (TPSA) is 41.5 Å². The van der Waals surface area contributed by atoms with E-state index in [1.807, 2.05) is 0 Å². The minimum absolute atomic E-state index is 0.218. The zero-order valence-electron chi connectivity index (χ0n) is 10.9. The Kier molecular flexibility index (Phi) is 5.48. The molecule has 0 saturated carbocycles. The van der Waals surface area contributed by atoms with E-state index in [2.05, 4.69) is 12.2 Å². The Balaban J connectivity index is 1.89. The van der Waals surface area contributed by atoms with Crippen LogP contribution in [0, 0.1) is 0 Å². The van der Waals surface area contributed by atoms with Crippen LogP contribution in [0.1, 0.15) is 31.4 Å². The molecule has 1 aliphatic rings. The van der Waals surface area contributed by atoms with Crippen LogP contribution in [0.2, 0.25) is 10.0 Å². The summed E-state index contributed by atoms with van der Waals surface area (Å²) in [6.07, 6.45) is 1.75. The van der Waals surface area contributed by atoms with Crippen molar-refractivity contribution in [2.75, 3.05) is 13.2 Å². The number of aliphatic hydroxyl groups is 1. The van der Waals surface area contributed by atoms with Crippen LogP contribution in [0.15, 0.2) is 18.2 Å². The Morgan fingerprint density at radius 2 is 2.26 bits per heavy atom. The van der Waals surface area contributed by atoms with Gasteiger partial charge in [-0.15, -0.1) is 0 Å². The fourth-order valence-electron chi connectivity index (χ4n) is 2.31. The average Bonchev–Trinajstić information content (AvgIpc) is 2.92. The predicted molar refractivity (Wildman–Crippen MR) is 77.9 cm³/mol. The number of hydrogen-bond donors (Lipinski definition) is 2. The third kappa shape index (κ3) is 4.07. The lowest BCUT2D eigenvalue weighted by molar-refractivity contribution is 0.0765. The van der Waals surface area contributed by atoms with E-state index >= 15 is 0 Å². The third-order valence-electron chi connectivity index (χ3n) is 3.47. The van der Waals surface area contributed by atoms with Gasteiger partial charge in [-0.3, -0.25) is 0 Å². The van der Waals surface area contributed by atoms with Gasteiger partial charge in [0, 0.05) is 34.8 Å². The molecule has 3 unspecified atom stereocenters. The second-order valence-corrected chi connectivity index (χ2v) is 5.77. The maximum Gasteiger partial charge on any atom is 0.0929 e. The van der Waals surface area contributed by atoms with Gasteiger partial charge in [-0.05, 0) is 38.0 Å². The number of rotatable bonds is 5. The minimum atomic E-state index is -0.671. The van der Waals surface area contributed by atoms with Crippen LogP contribution in [0.3, 0.4) is 0 Å². The Morgan fingerprint density at radius 1 is 1.47 bits per heavy atom. The normalized spacial score (nSPS) is 22.4. The highest BCUT2D eigenvalue weighted by molar-refractivity contribution is 6.33. The molecule has 1 saturated heterocycles. The van der Waals surface area contributed by atoms with Gasteiger partial charge in [-0.25, -0.2) is 0 Å². The molecule has 3 atom stereocenters. The first-order valence-electron chi connectivity index (χ1n) is 6.56. The summed E-state index contributed by atoms with van der Waals surface area (Å²) in [6, 6.07) is 5.33. The van der Waals surface area contributed by atoms with Crippen LogP contribution in [0.4, 0.5) is 0 Å². The van der Waals surface area contributed by atoms with Crippen LogP contribution in [-0.2, 0) is 4.74 Å². The molecule has 1 aromatic rings. The summed E-state index contributed by atoms with van der Waals surface area (Å²) in [6.45, 7) is 3.34. The molecule has 5 heteroatoms. The molecule has 0 amide bonds. The highest BCUT2D eigenvalue weighted by Crippen LogP contribution is 2.26. The van der Waals surface area contributed by atoms with E-state index in [1.165, 1.54) is 0 Å². The van der Waals surface area contributed by atoms with E-state index in [4.69, 9.17) is 27.9 Å². The van der Waals surface area contributed by atoms with Gasteiger partial charge in [0.05, 0.1) is 12.2 Å². The Bertz CT molecular complexity index is 422. The zero-order chi connectivity index (χ0) is 13.8. The van der Waals surface area contributed by atoms with Gasteiger partial charge in [0.1, 0.15) is 0 Å². The number of nitrogens with one attached hydrogen (secondary N) is 1. The molecule has 2 N–H and O–H groups in total. The van der Waals surface area contributed by atoms with Crippen molar-refractivity contribution in [2.24, 2.45) is 0 Å². The van der Waals surface area contributed by atoms with Crippen molar-refractivity contribution in [3.8, 4) is 0 Å².